The molecule has 0 saturated heterocycles. The van der Waals surface area contributed by atoms with Gasteiger partial charge in [-0.3, -0.25) is 19.4 Å². The van der Waals surface area contributed by atoms with Gasteiger partial charge < -0.3 is 15.5 Å². The van der Waals surface area contributed by atoms with Gasteiger partial charge in [0.05, 0.1) is 11.9 Å². The number of aromatic nitrogens is 1. The molecule has 126 valence electrons. The zero-order valence-corrected chi connectivity index (χ0v) is 13.9. The summed E-state index contributed by atoms with van der Waals surface area (Å²) in [6.45, 7) is 4.33. The number of nitrogens with one attached hydrogen (secondary N) is 2. The third kappa shape index (κ3) is 2.36. The van der Waals surface area contributed by atoms with Crippen molar-refractivity contribution in [3.05, 3.63) is 44.5 Å². The Labute approximate surface area is 139 Å². The van der Waals surface area contributed by atoms with E-state index in [1.165, 1.54) is 0 Å². The topological polar surface area (TPSA) is 91.4 Å². The predicted molar refractivity (Wildman–Crippen MR) is 93.2 cm³/mol. The molecule has 7 nitrogen and oxygen atoms in total. The number of pyridine rings is 1. The van der Waals surface area contributed by atoms with Crippen molar-refractivity contribution >= 4 is 23.0 Å². The maximum atomic E-state index is 12.8. The highest BCUT2D eigenvalue weighted by atomic mass is 16.2. The van der Waals surface area contributed by atoms with Crippen LogP contribution in [0.15, 0.2) is 28.0 Å². The van der Waals surface area contributed by atoms with Gasteiger partial charge in [0.15, 0.2) is 0 Å². The van der Waals surface area contributed by atoms with Gasteiger partial charge in [0.25, 0.3) is 10.9 Å². The van der Waals surface area contributed by atoms with Gasteiger partial charge in [0.2, 0.25) is 5.91 Å². The fraction of sp³-hybridized carbons (Fsp3) is 0.412. The molecule has 0 bridgehead atoms. The van der Waals surface area contributed by atoms with Gasteiger partial charge in [-0.1, -0.05) is 20.3 Å². The van der Waals surface area contributed by atoms with Crippen molar-refractivity contribution in [1.82, 2.24) is 4.98 Å². The molecule has 2 heterocycles. The summed E-state index contributed by atoms with van der Waals surface area (Å²) in [7, 11) is 1.60. The summed E-state index contributed by atoms with van der Waals surface area (Å²) in [5.74, 6) is -0.174. The van der Waals surface area contributed by atoms with E-state index in [1.807, 2.05) is 19.9 Å². The van der Waals surface area contributed by atoms with Crippen LogP contribution in [0.5, 0.6) is 0 Å². The fourth-order valence-corrected chi connectivity index (χ4v) is 3.20. The second-order valence-electron chi connectivity index (χ2n) is 6.11. The van der Waals surface area contributed by atoms with Crippen LogP contribution in [0, 0.1) is 5.92 Å². The van der Waals surface area contributed by atoms with Crippen LogP contribution < -0.4 is 26.4 Å². The summed E-state index contributed by atoms with van der Waals surface area (Å²) in [5, 5.41) is 5.69. The van der Waals surface area contributed by atoms with Crippen molar-refractivity contribution in [2.75, 3.05) is 22.6 Å². The average Bonchev–Trinajstić information content (AvgIpc) is 2.73. The van der Waals surface area contributed by atoms with Gasteiger partial charge >= 0.3 is 0 Å². The molecule has 7 heteroatoms. The minimum absolute atomic E-state index is 0.0152. The predicted octanol–water partition coefficient (Wildman–Crippen LogP) is 1.09. The Hall–Kier alpha value is -2.70. The van der Waals surface area contributed by atoms with E-state index in [0.29, 0.717) is 17.9 Å². The monoisotopic (exact) mass is 328 g/mol. The van der Waals surface area contributed by atoms with Crippen LogP contribution in [0.2, 0.25) is 0 Å². The molecule has 0 spiro atoms. The Balaban J connectivity index is 2.14. The van der Waals surface area contributed by atoms with Gasteiger partial charge in [-0.2, -0.15) is 0 Å². The zero-order valence-electron chi connectivity index (χ0n) is 13.9. The third-order valence-electron chi connectivity index (χ3n) is 4.72. The van der Waals surface area contributed by atoms with E-state index in [-0.39, 0.29) is 17.5 Å². The first-order valence-corrected chi connectivity index (χ1v) is 8.01. The van der Waals surface area contributed by atoms with Gasteiger partial charge in [-0.25, -0.2) is 0 Å². The lowest BCUT2D eigenvalue weighted by Crippen LogP contribution is -2.51. The Morgan fingerprint density at radius 2 is 2.12 bits per heavy atom. The molecule has 3 rings (SSSR count). The summed E-state index contributed by atoms with van der Waals surface area (Å²) < 4.78 is 0. The highest BCUT2D eigenvalue weighted by molar-refractivity contribution is 5.99. The normalized spacial score (nSPS) is 18.7. The number of hydrogen-bond acceptors (Lipinski definition) is 6. The average molecular weight is 328 g/mol. The first kappa shape index (κ1) is 16.2. The number of nitrogens with zero attached hydrogens (tertiary/aromatic N) is 2. The van der Waals surface area contributed by atoms with E-state index in [9.17, 15) is 14.4 Å². The number of fused-ring (bicyclic) bond motifs is 1. The van der Waals surface area contributed by atoms with E-state index in [2.05, 4.69) is 15.6 Å². The minimum Gasteiger partial charge on any atom is -0.383 e. The number of hydrogen-bond donors (Lipinski definition) is 2. The van der Waals surface area contributed by atoms with Gasteiger partial charge in [0.1, 0.15) is 17.4 Å². The SMILES string of the molecule is CCC(C)C1C(=O)Nc2cnccc2CN1c1c(NC)c(=O)c1=O. The molecule has 2 aromatic rings. The van der Waals surface area contributed by atoms with E-state index < -0.39 is 16.9 Å². The Morgan fingerprint density at radius 1 is 1.38 bits per heavy atom. The molecule has 1 aromatic heterocycles. The second-order valence-corrected chi connectivity index (χ2v) is 6.11. The molecule has 1 aliphatic rings. The lowest BCUT2D eigenvalue weighted by Gasteiger charge is -2.35. The molecule has 1 aliphatic heterocycles. The molecule has 0 aliphatic carbocycles. The fourth-order valence-electron chi connectivity index (χ4n) is 3.20. The highest BCUT2D eigenvalue weighted by Crippen LogP contribution is 2.32. The van der Waals surface area contributed by atoms with Crippen molar-refractivity contribution < 1.29 is 4.79 Å². The molecule has 0 saturated carbocycles. The molecule has 0 radical (unpaired) electrons. The summed E-state index contributed by atoms with van der Waals surface area (Å²) in [4.78, 5) is 42.6. The number of rotatable bonds is 4. The van der Waals surface area contributed by atoms with Gasteiger partial charge in [-0.15, -0.1) is 0 Å². The van der Waals surface area contributed by atoms with Crippen LogP contribution in [0.25, 0.3) is 0 Å². The molecule has 2 N–H and O–H groups in total. The number of carbonyl (C=O) groups is 1. The Kier molecular flexibility index (Phi) is 4.09. The first-order chi connectivity index (χ1) is 11.5. The van der Waals surface area contributed by atoms with Gasteiger partial charge in [-0.05, 0) is 17.5 Å². The van der Waals surface area contributed by atoms with Crippen LogP contribution >= 0.6 is 0 Å². The van der Waals surface area contributed by atoms with Crippen LogP contribution in [0.3, 0.4) is 0 Å². The molecule has 2 atom stereocenters. The largest absolute Gasteiger partial charge is 0.383 e. The Morgan fingerprint density at radius 3 is 2.79 bits per heavy atom. The Bertz CT molecular complexity index is 854. The van der Waals surface area contributed by atoms with E-state index in [1.54, 1.807) is 24.3 Å². The number of carbonyl (C=O) groups excluding carboxylic acids is 1. The minimum atomic E-state index is -0.544. The van der Waals surface area contributed by atoms with Crippen LogP contribution in [0.1, 0.15) is 25.8 Å². The standard InChI is InChI=1S/C17H20N4O3/c1-4-9(2)13-17(24)20-11-7-19-6-5-10(11)8-21(13)14-12(18-3)15(22)16(14)23/h5-7,9,13,18H,4,8H2,1-3H3,(H,20,24). The maximum absolute atomic E-state index is 12.8. The van der Waals surface area contributed by atoms with E-state index in [0.717, 1.165) is 12.0 Å². The van der Waals surface area contributed by atoms with E-state index >= 15 is 0 Å². The van der Waals surface area contributed by atoms with Crippen molar-refractivity contribution in [1.29, 1.82) is 0 Å². The van der Waals surface area contributed by atoms with Crippen molar-refractivity contribution in [3.8, 4) is 0 Å². The molecule has 1 amide bonds. The van der Waals surface area contributed by atoms with Crippen molar-refractivity contribution in [2.24, 2.45) is 5.92 Å². The molecular formula is C17H20N4O3. The lowest BCUT2D eigenvalue weighted by molar-refractivity contribution is -0.118. The molecular weight excluding hydrogens is 308 g/mol. The highest BCUT2D eigenvalue weighted by Gasteiger charge is 2.38. The number of anilines is 3. The van der Waals surface area contributed by atoms with E-state index in [4.69, 9.17) is 0 Å². The lowest BCUT2D eigenvalue weighted by atomic mass is 9.95. The smallest absolute Gasteiger partial charge is 0.253 e. The molecule has 24 heavy (non-hydrogen) atoms. The molecule has 2 unspecified atom stereocenters. The van der Waals surface area contributed by atoms with Crippen molar-refractivity contribution in [2.45, 2.75) is 32.9 Å². The summed E-state index contributed by atoms with van der Waals surface area (Å²) in [5.41, 5.74) is 1.00. The van der Waals surface area contributed by atoms with Crippen LogP contribution in [0.4, 0.5) is 17.1 Å². The molecule has 0 fully saturated rings. The maximum Gasteiger partial charge on any atom is 0.253 e. The number of amides is 1. The second kappa shape index (κ2) is 6.07. The molecule has 1 aromatic carbocycles. The quantitative estimate of drug-likeness (QED) is 0.817. The van der Waals surface area contributed by atoms with Crippen LogP contribution in [-0.4, -0.2) is 24.0 Å². The first-order valence-electron chi connectivity index (χ1n) is 8.01. The third-order valence-corrected chi connectivity index (χ3v) is 4.72. The summed E-state index contributed by atoms with van der Waals surface area (Å²) in [6, 6.07) is 1.28. The zero-order chi connectivity index (χ0) is 17.4. The van der Waals surface area contributed by atoms with Gasteiger partial charge in [0, 0.05) is 19.8 Å². The summed E-state index contributed by atoms with van der Waals surface area (Å²) >= 11 is 0. The van der Waals surface area contributed by atoms with Crippen molar-refractivity contribution in [3.63, 3.8) is 0 Å². The summed E-state index contributed by atoms with van der Waals surface area (Å²) in [6.07, 6.45) is 4.02. The van der Waals surface area contributed by atoms with Crippen LogP contribution in [-0.2, 0) is 11.3 Å².